The molecular formula is C15H19NO3. The normalized spacial score (nSPS) is 29.4. The molecule has 3 rings (SSSR count). The molecule has 4 heteroatoms. The first-order valence-corrected chi connectivity index (χ1v) is 6.79. The number of rotatable bonds is 3. The zero-order chi connectivity index (χ0) is 13.2. The van der Waals surface area contributed by atoms with Crippen molar-refractivity contribution in [3.05, 3.63) is 29.8 Å². The molecule has 0 aromatic heterocycles. The van der Waals surface area contributed by atoms with Gasteiger partial charge in [0.2, 0.25) is 0 Å². The molecule has 1 aliphatic carbocycles. The van der Waals surface area contributed by atoms with Crippen LogP contribution in [-0.2, 0) is 11.2 Å². The molecule has 0 radical (unpaired) electrons. The average molecular weight is 261 g/mol. The van der Waals surface area contributed by atoms with Crippen LogP contribution in [0.4, 0.5) is 0 Å². The van der Waals surface area contributed by atoms with E-state index in [9.17, 15) is 5.11 Å². The Kier molecular flexibility index (Phi) is 3.42. The van der Waals surface area contributed by atoms with E-state index in [0.29, 0.717) is 12.8 Å². The van der Waals surface area contributed by atoms with Gasteiger partial charge in [0.15, 0.2) is 5.90 Å². The zero-order valence-electron chi connectivity index (χ0n) is 11.1. The molecule has 0 saturated heterocycles. The summed E-state index contributed by atoms with van der Waals surface area (Å²) in [5, 5.41) is 9.65. The van der Waals surface area contributed by atoms with Crippen molar-refractivity contribution in [1.29, 1.82) is 0 Å². The van der Waals surface area contributed by atoms with Gasteiger partial charge in [-0.25, -0.2) is 4.99 Å². The molecule has 1 aliphatic heterocycles. The van der Waals surface area contributed by atoms with Crippen LogP contribution in [-0.4, -0.2) is 36.4 Å². The number of benzene rings is 1. The van der Waals surface area contributed by atoms with Crippen LogP contribution in [0.3, 0.4) is 0 Å². The number of nitrogens with zero attached hydrogens (tertiary/aromatic N) is 1. The lowest BCUT2D eigenvalue weighted by Gasteiger charge is -2.26. The number of aliphatic imine (C=N–C) groups is 1. The van der Waals surface area contributed by atoms with Gasteiger partial charge >= 0.3 is 0 Å². The zero-order valence-corrected chi connectivity index (χ0v) is 11.1. The van der Waals surface area contributed by atoms with Crippen LogP contribution < -0.4 is 4.74 Å². The molecular weight excluding hydrogens is 242 g/mol. The highest BCUT2D eigenvalue weighted by Crippen LogP contribution is 2.29. The molecule has 102 valence electrons. The third-order valence-electron chi connectivity index (χ3n) is 3.84. The summed E-state index contributed by atoms with van der Waals surface area (Å²) in [7, 11) is 1.66. The summed E-state index contributed by atoms with van der Waals surface area (Å²) < 4.78 is 11.0. The van der Waals surface area contributed by atoms with E-state index in [4.69, 9.17) is 9.47 Å². The Morgan fingerprint density at radius 3 is 2.84 bits per heavy atom. The van der Waals surface area contributed by atoms with Gasteiger partial charge in [-0.1, -0.05) is 12.1 Å². The Bertz CT molecular complexity index is 469. The van der Waals surface area contributed by atoms with E-state index in [-0.39, 0.29) is 18.2 Å². The van der Waals surface area contributed by atoms with E-state index in [0.717, 1.165) is 24.5 Å². The molecule has 3 unspecified atom stereocenters. The lowest BCUT2D eigenvalue weighted by Crippen LogP contribution is -2.33. The fourth-order valence-electron chi connectivity index (χ4n) is 2.76. The molecule has 3 atom stereocenters. The quantitative estimate of drug-likeness (QED) is 0.904. The van der Waals surface area contributed by atoms with E-state index in [1.165, 1.54) is 5.56 Å². The summed E-state index contributed by atoms with van der Waals surface area (Å²) >= 11 is 0. The smallest absolute Gasteiger partial charge is 0.188 e. The Morgan fingerprint density at radius 2 is 2.11 bits per heavy atom. The summed E-state index contributed by atoms with van der Waals surface area (Å²) in [4.78, 5) is 4.63. The second-order valence-corrected chi connectivity index (χ2v) is 5.24. The van der Waals surface area contributed by atoms with Crippen molar-refractivity contribution in [1.82, 2.24) is 0 Å². The highest BCUT2D eigenvalue weighted by Gasteiger charge is 2.36. The number of methoxy groups -OCH3 is 1. The largest absolute Gasteiger partial charge is 0.497 e. The fourth-order valence-corrected chi connectivity index (χ4v) is 2.76. The molecule has 4 nitrogen and oxygen atoms in total. The third kappa shape index (κ3) is 2.73. The van der Waals surface area contributed by atoms with Gasteiger partial charge < -0.3 is 14.6 Å². The van der Waals surface area contributed by atoms with Crippen LogP contribution in [0.15, 0.2) is 29.3 Å². The number of fused-ring (bicyclic) bond motifs is 1. The molecule has 1 N–H and O–H groups in total. The van der Waals surface area contributed by atoms with Gasteiger partial charge in [-0.05, 0) is 30.5 Å². The van der Waals surface area contributed by atoms with Gasteiger partial charge in [0.25, 0.3) is 0 Å². The fraction of sp³-hybridized carbons (Fsp3) is 0.533. The van der Waals surface area contributed by atoms with Crippen molar-refractivity contribution in [3.63, 3.8) is 0 Å². The van der Waals surface area contributed by atoms with E-state index < -0.39 is 0 Å². The van der Waals surface area contributed by atoms with Gasteiger partial charge in [-0.3, -0.25) is 0 Å². The van der Waals surface area contributed by atoms with Gasteiger partial charge in [-0.2, -0.15) is 0 Å². The first kappa shape index (κ1) is 12.5. The van der Waals surface area contributed by atoms with Crippen LogP contribution in [0.1, 0.15) is 24.8 Å². The number of ether oxygens (including phenoxy) is 2. The summed E-state index contributed by atoms with van der Waals surface area (Å²) in [6.07, 6.45) is 3.04. The van der Waals surface area contributed by atoms with Crippen molar-refractivity contribution < 1.29 is 14.6 Å². The second-order valence-electron chi connectivity index (χ2n) is 5.24. The van der Waals surface area contributed by atoms with Crippen molar-refractivity contribution >= 4 is 5.90 Å². The summed E-state index contributed by atoms with van der Waals surface area (Å²) in [5.74, 6) is 1.66. The SMILES string of the molecule is COc1ccc(CC2=NC3CCC(O)CC3O2)cc1. The number of aliphatic hydroxyl groups excluding tert-OH is 1. The molecule has 1 fully saturated rings. The minimum atomic E-state index is -0.225. The Morgan fingerprint density at radius 1 is 1.32 bits per heavy atom. The summed E-state index contributed by atoms with van der Waals surface area (Å²) in [6, 6.07) is 8.20. The van der Waals surface area contributed by atoms with Gasteiger partial charge in [0, 0.05) is 12.8 Å². The predicted octanol–water partition coefficient (Wildman–Crippen LogP) is 1.95. The molecule has 1 aromatic rings. The maximum atomic E-state index is 9.65. The monoisotopic (exact) mass is 261 g/mol. The van der Waals surface area contributed by atoms with Crippen LogP contribution >= 0.6 is 0 Å². The van der Waals surface area contributed by atoms with Crippen molar-refractivity contribution in [2.24, 2.45) is 4.99 Å². The lowest BCUT2D eigenvalue weighted by molar-refractivity contribution is 0.0497. The highest BCUT2D eigenvalue weighted by atomic mass is 16.5. The lowest BCUT2D eigenvalue weighted by atomic mass is 9.91. The molecule has 19 heavy (non-hydrogen) atoms. The first-order chi connectivity index (χ1) is 9.24. The van der Waals surface area contributed by atoms with E-state index >= 15 is 0 Å². The molecule has 1 aromatic carbocycles. The Balaban J connectivity index is 1.64. The summed E-state index contributed by atoms with van der Waals surface area (Å²) in [6.45, 7) is 0. The van der Waals surface area contributed by atoms with Crippen molar-refractivity contribution in [2.45, 2.75) is 43.9 Å². The molecule has 1 saturated carbocycles. The van der Waals surface area contributed by atoms with E-state index in [1.807, 2.05) is 24.3 Å². The number of aliphatic hydroxyl groups is 1. The van der Waals surface area contributed by atoms with Crippen LogP contribution in [0.25, 0.3) is 0 Å². The van der Waals surface area contributed by atoms with Gasteiger partial charge in [0.1, 0.15) is 11.9 Å². The second kappa shape index (κ2) is 5.21. The summed E-state index contributed by atoms with van der Waals surface area (Å²) in [5.41, 5.74) is 1.17. The van der Waals surface area contributed by atoms with Crippen LogP contribution in [0.5, 0.6) is 5.75 Å². The van der Waals surface area contributed by atoms with E-state index in [2.05, 4.69) is 4.99 Å². The van der Waals surface area contributed by atoms with Crippen molar-refractivity contribution in [2.75, 3.05) is 7.11 Å². The van der Waals surface area contributed by atoms with Crippen molar-refractivity contribution in [3.8, 4) is 5.75 Å². The van der Waals surface area contributed by atoms with E-state index in [1.54, 1.807) is 7.11 Å². The number of hydrogen-bond donors (Lipinski definition) is 1. The molecule has 0 bridgehead atoms. The minimum absolute atomic E-state index is 0.0806. The van der Waals surface area contributed by atoms with Gasteiger partial charge in [0.05, 0.1) is 19.3 Å². The average Bonchev–Trinajstić information content (AvgIpc) is 2.81. The first-order valence-electron chi connectivity index (χ1n) is 6.79. The Labute approximate surface area is 113 Å². The van der Waals surface area contributed by atoms with Gasteiger partial charge in [-0.15, -0.1) is 0 Å². The number of hydrogen-bond acceptors (Lipinski definition) is 4. The Hall–Kier alpha value is -1.55. The molecule has 0 spiro atoms. The molecule has 1 heterocycles. The van der Waals surface area contributed by atoms with Crippen LogP contribution in [0, 0.1) is 0 Å². The molecule has 0 amide bonds. The highest BCUT2D eigenvalue weighted by molar-refractivity contribution is 5.80. The maximum Gasteiger partial charge on any atom is 0.188 e. The standard InChI is InChI=1S/C15H19NO3/c1-18-12-5-2-10(3-6-12)8-15-16-13-7-4-11(17)9-14(13)19-15/h2-3,5-6,11,13-14,17H,4,7-9H2,1H3. The predicted molar refractivity (Wildman–Crippen MR) is 72.7 cm³/mol. The minimum Gasteiger partial charge on any atom is -0.497 e. The maximum absolute atomic E-state index is 9.65. The molecule has 2 aliphatic rings. The topological polar surface area (TPSA) is 51.0 Å². The van der Waals surface area contributed by atoms with Crippen LogP contribution in [0.2, 0.25) is 0 Å². The third-order valence-corrected chi connectivity index (χ3v) is 3.84.